The van der Waals surface area contributed by atoms with E-state index in [0.29, 0.717) is 0 Å². The van der Waals surface area contributed by atoms with Crippen molar-refractivity contribution in [3.8, 4) is 0 Å². The number of hydrogen-bond acceptors (Lipinski definition) is 2. The Kier molecular flexibility index (Phi) is 2.55. The molecule has 0 atom stereocenters. The van der Waals surface area contributed by atoms with Crippen molar-refractivity contribution in [2.75, 3.05) is 5.73 Å². The maximum absolute atomic E-state index is 5.79. The van der Waals surface area contributed by atoms with Gasteiger partial charge < -0.3 is 5.73 Å². The second-order valence-corrected chi connectivity index (χ2v) is 4.03. The van der Waals surface area contributed by atoms with Crippen LogP contribution >= 0.6 is 11.3 Å². The minimum Gasteiger partial charge on any atom is -0.390 e. The summed E-state index contributed by atoms with van der Waals surface area (Å²) in [4.78, 5) is 1.46. The highest BCUT2D eigenvalue weighted by molar-refractivity contribution is 7.16. The number of nitrogen functional groups attached to an aromatic ring is 1. The monoisotopic (exact) mass is 169 g/mol. The van der Waals surface area contributed by atoms with Crippen LogP contribution in [0.1, 0.15) is 29.3 Å². The van der Waals surface area contributed by atoms with E-state index in [2.05, 4.69) is 20.8 Å². The number of thiophene rings is 1. The van der Waals surface area contributed by atoms with E-state index < -0.39 is 0 Å². The molecule has 0 aliphatic carbocycles. The van der Waals surface area contributed by atoms with Gasteiger partial charge in [-0.1, -0.05) is 13.3 Å². The lowest BCUT2D eigenvalue weighted by Gasteiger charge is -1.94. The molecule has 0 saturated carbocycles. The summed E-state index contributed by atoms with van der Waals surface area (Å²) in [6.07, 6.45) is 2.38. The van der Waals surface area contributed by atoms with Gasteiger partial charge in [0.05, 0.1) is 5.00 Å². The molecule has 0 radical (unpaired) electrons. The van der Waals surface area contributed by atoms with Gasteiger partial charge in [0.15, 0.2) is 0 Å². The van der Waals surface area contributed by atoms with Crippen molar-refractivity contribution in [2.24, 2.45) is 0 Å². The van der Waals surface area contributed by atoms with Gasteiger partial charge in [0, 0.05) is 4.88 Å². The van der Waals surface area contributed by atoms with Crippen molar-refractivity contribution >= 4 is 16.3 Å². The summed E-state index contributed by atoms with van der Waals surface area (Å²) < 4.78 is 0. The predicted octanol–water partition coefficient (Wildman–Crippen LogP) is 2.90. The molecule has 1 aromatic heterocycles. The third-order valence-electron chi connectivity index (χ3n) is 2.06. The normalized spacial score (nSPS) is 10.5. The SMILES string of the molecule is CCCc1sc(N)c(C)c1C. The molecule has 0 unspecified atom stereocenters. The largest absolute Gasteiger partial charge is 0.390 e. The smallest absolute Gasteiger partial charge is 0.0891 e. The minimum atomic E-state index is 0.992. The van der Waals surface area contributed by atoms with Gasteiger partial charge in [-0.25, -0.2) is 0 Å². The van der Waals surface area contributed by atoms with Gasteiger partial charge in [-0.2, -0.15) is 0 Å². The van der Waals surface area contributed by atoms with Crippen LogP contribution in [0.4, 0.5) is 5.00 Å². The summed E-state index contributed by atoms with van der Waals surface area (Å²) in [6.45, 7) is 6.46. The number of rotatable bonds is 2. The summed E-state index contributed by atoms with van der Waals surface area (Å²) in [5, 5.41) is 0.992. The van der Waals surface area contributed by atoms with Crippen molar-refractivity contribution in [3.63, 3.8) is 0 Å². The highest BCUT2D eigenvalue weighted by atomic mass is 32.1. The lowest BCUT2D eigenvalue weighted by atomic mass is 10.1. The molecule has 0 fully saturated rings. The maximum Gasteiger partial charge on any atom is 0.0891 e. The molecular formula is C9H15NS. The molecule has 0 spiro atoms. The van der Waals surface area contributed by atoms with Crippen molar-refractivity contribution < 1.29 is 0 Å². The van der Waals surface area contributed by atoms with E-state index in [4.69, 9.17) is 5.73 Å². The van der Waals surface area contributed by atoms with Gasteiger partial charge in [-0.3, -0.25) is 0 Å². The Labute approximate surface area is 72.2 Å². The molecule has 0 saturated heterocycles. The van der Waals surface area contributed by atoms with Crippen LogP contribution in [0.25, 0.3) is 0 Å². The molecule has 2 heteroatoms. The van der Waals surface area contributed by atoms with E-state index in [1.165, 1.54) is 28.8 Å². The first-order chi connectivity index (χ1) is 5.16. The van der Waals surface area contributed by atoms with Gasteiger partial charge in [0.2, 0.25) is 0 Å². The Hall–Kier alpha value is -0.500. The summed E-state index contributed by atoms with van der Waals surface area (Å²) in [7, 11) is 0. The van der Waals surface area contributed by atoms with E-state index in [1.807, 2.05) is 0 Å². The first-order valence-corrected chi connectivity index (χ1v) is 4.82. The Balaban J connectivity index is 2.98. The summed E-state index contributed by atoms with van der Waals surface area (Å²) in [5.41, 5.74) is 8.46. The fourth-order valence-electron chi connectivity index (χ4n) is 1.15. The van der Waals surface area contributed by atoms with Crippen molar-refractivity contribution in [3.05, 3.63) is 16.0 Å². The molecular weight excluding hydrogens is 154 g/mol. The number of hydrogen-bond donors (Lipinski definition) is 1. The van der Waals surface area contributed by atoms with Crippen molar-refractivity contribution in [1.82, 2.24) is 0 Å². The van der Waals surface area contributed by atoms with Crippen LogP contribution in [0.15, 0.2) is 0 Å². The third-order valence-corrected chi connectivity index (χ3v) is 3.34. The van der Waals surface area contributed by atoms with E-state index >= 15 is 0 Å². The lowest BCUT2D eigenvalue weighted by Crippen LogP contribution is -1.83. The highest BCUT2D eigenvalue weighted by Gasteiger charge is 2.06. The zero-order chi connectivity index (χ0) is 8.43. The maximum atomic E-state index is 5.79. The molecule has 2 N–H and O–H groups in total. The number of anilines is 1. The Morgan fingerprint density at radius 2 is 1.91 bits per heavy atom. The molecule has 1 aromatic rings. The number of aryl methyl sites for hydroxylation is 1. The van der Waals surface area contributed by atoms with E-state index in [9.17, 15) is 0 Å². The standard InChI is InChI=1S/C9H15NS/c1-4-5-8-6(2)7(3)9(10)11-8/h4-5,10H2,1-3H3. The van der Waals surface area contributed by atoms with Gasteiger partial charge in [-0.05, 0) is 31.4 Å². The quantitative estimate of drug-likeness (QED) is 0.723. The van der Waals surface area contributed by atoms with Crippen LogP contribution in [0.2, 0.25) is 0 Å². The Bertz CT molecular complexity index is 250. The van der Waals surface area contributed by atoms with Crippen molar-refractivity contribution in [2.45, 2.75) is 33.6 Å². The van der Waals surface area contributed by atoms with Gasteiger partial charge in [0.25, 0.3) is 0 Å². The van der Waals surface area contributed by atoms with Gasteiger partial charge >= 0.3 is 0 Å². The fourth-order valence-corrected chi connectivity index (χ4v) is 2.33. The first-order valence-electron chi connectivity index (χ1n) is 4.01. The van der Waals surface area contributed by atoms with Gasteiger partial charge in [0.1, 0.15) is 0 Å². The molecule has 0 amide bonds. The Morgan fingerprint density at radius 3 is 2.27 bits per heavy atom. The van der Waals surface area contributed by atoms with Crippen LogP contribution in [0, 0.1) is 13.8 Å². The highest BCUT2D eigenvalue weighted by Crippen LogP contribution is 2.30. The molecule has 62 valence electrons. The predicted molar refractivity (Wildman–Crippen MR) is 52.2 cm³/mol. The van der Waals surface area contributed by atoms with Crippen LogP contribution < -0.4 is 5.73 Å². The molecule has 0 aliphatic heterocycles. The molecule has 1 heterocycles. The summed E-state index contributed by atoms with van der Waals surface area (Å²) in [6, 6.07) is 0. The average molecular weight is 169 g/mol. The van der Waals surface area contributed by atoms with E-state index in [-0.39, 0.29) is 0 Å². The second kappa shape index (κ2) is 3.26. The zero-order valence-electron chi connectivity index (χ0n) is 7.40. The number of nitrogens with two attached hydrogens (primary N) is 1. The molecule has 0 aromatic carbocycles. The minimum absolute atomic E-state index is 0.992. The average Bonchev–Trinajstić information content (AvgIpc) is 2.19. The lowest BCUT2D eigenvalue weighted by molar-refractivity contribution is 0.931. The van der Waals surface area contributed by atoms with Crippen molar-refractivity contribution in [1.29, 1.82) is 0 Å². The molecule has 0 aliphatic rings. The second-order valence-electron chi connectivity index (χ2n) is 2.89. The molecule has 1 nitrogen and oxygen atoms in total. The van der Waals surface area contributed by atoms with Crippen LogP contribution in [-0.2, 0) is 6.42 Å². The molecule has 1 rings (SSSR count). The van der Waals surface area contributed by atoms with Crippen LogP contribution in [0.5, 0.6) is 0 Å². The topological polar surface area (TPSA) is 26.0 Å². The summed E-state index contributed by atoms with van der Waals surface area (Å²) in [5.74, 6) is 0. The molecule has 0 bridgehead atoms. The van der Waals surface area contributed by atoms with Crippen LogP contribution in [-0.4, -0.2) is 0 Å². The molecule has 11 heavy (non-hydrogen) atoms. The Morgan fingerprint density at radius 1 is 1.27 bits per heavy atom. The van der Waals surface area contributed by atoms with E-state index in [0.717, 1.165) is 5.00 Å². The zero-order valence-corrected chi connectivity index (χ0v) is 8.22. The van der Waals surface area contributed by atoms with Gasteiger partial charge in [-0.15, -0.1) is 11.3 Å². The van der Waals surface area contributed by atoms with Crippen LogP contribution in [0.3, 0.4) is 0 Å². The first kappa shape index (κ1) is 8.60. The third kappa shape index (κ3) is 1.56. The fraction of sp³-hybridized carbons (Fsp3) is 0.556. The van der Waals surface area contributed by atoms with E-state index in [1.54, 1.807) is 11.3 Å². The summed E-state index contributed by atoms with van der Waals surface area (Å²) >= 11 is 1.74.